The average Bonchev–Trinajstić information content (AvgIpc) is 2.45. The summed E-state index contributed by atoms with van der Waals surface area (Å²) in [4.78, 5) is 24.1. The molecular formula is C17H25NO5. The number of ketones is 2. The number of methoxy groups -OCH3 is 1. The van der Waals surface area contributed by atoms with E-state index in [2.05, 4.69) is 5.32 Å². The quantitative estimate of drug-likeness (QED) is 0.853. The van der Waals surface area contributed by atoms with Gasteiger partial charge in [0.15, 0.2) is 5.78 Å². The highest BCUT2D eigenvalue weighted by atomic mass is 16.7. The molecule has 0 aromatic carbocycles. The molecule has 3 atom stereocenters. The number of hydrogen-bond donors (Lipinski definition) is 1. The second kappa shape index (κ2) is 6.26. The monoisotopic (exact) mass is 323 g/mol. The van der Waals surface area contributed by atoms with E-state index < -0.39 is 11.5 Å². The summed E-state index contributed by atoms with van der Waals surface area (Å²) in [6, 6.07) is 0. The Kier molecular flexibility index (Phi) is 4.73. The largest absolute Gasteiger partial charge is 0.485 e. The highest BCUT2D eigenvalue weighted by Gasteiger charge is 2.49. The molecule has 1 N–H and O–H groups in total. The van der Waals surface area contributed by atoms with E-state index >= 15 is 0 Å². The number of nitrogens with one attached hydrogen (secondary N) is 1. The van der Waals surface area contributed by atoms with Crippen molar-refractivity contribution in [3.8, 4) is 0 Å². The fourth-order valence-corrected chi connectivity index (χ4v) is 3.32. The predicted molar refractivity (Wildman–Crippen MR) is 84.2 cm³/mol. The van der Waals surface area contributed by atoms with Crippen LogP contribution in [0.2, 0.25) is 0 Å². The lowest BCUT2D eigenvalue weighted by Crippen LogP contribution is -2.57. The summed E-state index contributed by atoms with van der Waals surface area (Å²) in [6.45, 7) is 9.03. The van der Waals surface area contributed by atoms with Crippen molar-refractivity contribution < 1.29 is 23.8 Å². The molecule has 3 unspecified atom stereocenters. The van der Waals surface area contributed by atoms with E-state index in [0.29, 0.717) is 24.4 Å². The molecule has 0 aliphatic carbocycles. The topological polar surface area (TPSA) is 73.9 Å². The van der Waals surface area contributed by atoms with Crippen LogP contribution in [0.15, 0.2) is 23.0 Å². The zero-order valence-corrected chi connectivity index (χ0v) is 14.6. The molecule has 0 fully saturated rings. The molecule has 0 radical (unpaired) electrons. The Morgan fingerprint density at radius 1 is 1.35 bits per heavy atom. The van der Waals surface area contributed by atoms with Gasteiger partial charge in [0.05, 0.1) is 13.0 Å². The molecule has 2 heterocycles. The fourth-order valence-electron chi connectivity index (χ4n) is 3.32. The molecule has 6 nitrogen and oxygen atoms in total. The zero-order valence-electron chi connectivity index (χ0n) is 14.6. The van der Waals surface area contributed by atoms with Gasteiger partial charge in [0.2, 0.25) is 5.76 Å². The number of hydrogen-bond acceptors (Lipinski definition) is 6. The summed E-state index contributed by atoms with van der Waals surface area (Å²) >= 11 is 0. The summed E-state index contributed by atoms with van der Waals surface area (Å²) in [5.74, 6) is 0.265. The van der Waals surface area contributed by atoms with E-state index in [9.17, 15) is 9.59 Å². The third-order valence-electron chi connectivity index (χ3n) is 4.53. The fraction of sp³-hybridized carbons (Fsp3) is 0.647. The van der Waals surface area contributed by atoms with Crippen molar-refractivity contribution in [1.82, 2.24) is 5.32 Å². The normalized spacial score (nSPS) is 31.0. The maximum atomic E-state index is 12.3. The van der Waals surface area contributed by atoms with E-state index in [-0.39, 0.29) is 23.6 Å². The number of ether oxygens (including phenoxy) is 3. The Hall–Kier alpha value is -1.98. The van der Waals surface area contributed by atoms with Crippen LogP contribution in [0, 0.1) is 5.92 Å². The van der Waals surface area contributed by atoms with Gasteiger partial charge in [-0.1, -0.05) is 0 Å². The van der Waals surface area contributed by atoms with Gasteiger partial charge < -0.3 is 19.5 Å². The van der Waals surface area contributed by atoms with Crippen LogP contribution in [0.25, 0.3) is 0 Å². The van der Waals surface area contributed by atoms with Crippen LogP contribution in [0.3, 0.4) is 0 Å². The minimum Gasteiger partial charge on any atom is -0.485 e. The van der Waals surface area contributed by atoms with Gasteiger partial charge in [-0.15, -0.1) is 0 Å². The average molecular weight is 323 g/mol. The first-order chi connectivity index (χ1) is 10.7. The lowest BCUT2D eigenvalue weighted by Gasteiger charge is -2.44. The molecule has 0 aromatic heterocycles. The van der Waals surface area contributed by atoms with Gasteiger partial charge in [0, 0.05) is 11.3 Å². The predicted octanol–water partition coefficient (Wildman–Crippen LogP) is 2.06. The zero-order chi connectivity index (χ0) is 17.4. The molecule has 0 saturated heterocycles. The van der Waals surface area contributed by atoms with Gasteiger partial charge in [0.1, 0.15) is 24.0 Å². The van der Waals surface area contributed by atoms with Crippen LogP contribution < -0.4 is 5.32 Å². The Morgan fingerprint density at radius 2 is 2.00 bits per heavy atom. The molecule has 0 aromatic rings. The van der Waals surface area contributed by atoms with E-state index in [4.69, 9.17) is 14.2 Å². The first-order valence-electron chi connectivity index (χ1n) is 7.78. The van der Waals surface area contributed by atoms with Crippen LogP contribution >= 0.6 is 0 Å². The molecule has 2 aliphatic rings. The summed E-state index contributed by atoms with van der Waals surface area (Å²) < 4.78 is 16.9. The summed E-state index contributed by atoms with van der Waals surface area (Å²) in [5.41, 5.74) is 0.579. The van der Waals surface area contributed by atoms with E-state index in [0.717, 1.165) is 5.70 Å². The summed E-state index contributed by atoms with van der Waals surface area (Å²) in [6.07, 6.45) is 0.250. The summed E-state index contributed by atoms with van der Waals surface area (Å²) in [5, 5.41) is 3.30. The summed E-state index contributed by atoms with van der Waals surface area (Å²) in [7, 11) is 1.51. The number of rotatable bonds is 4. The molecule has 2 rings (SSSR count). The molecule has 0 amide bonds. The first kappa shape index (κ1) is 17.4. The maximum Gasteiger partial charge on any atom is 0.321 e. The van der Waals surface area contributed by atoms with Gasteiger partial charge in [-0.3, -0.25) is 9.59 Å². The van der Waals surface area contributed by atoms with Crippen molar-refractivity contribution in [2.24, 2.45) is 5.92 Å². The van der Waals surface area contributed by atoms with Crippen molar-refractivity contribution in [1.29, 1.82) is 0 Å². The Balaban J connectivity index is 2.53. The van der Waals surface area contributed by atoms with Gasteiger partial charge >= 0.3 is 5.95 Å². The van der Waals surface area contributed by atoms with Crippen LogP contribution in [0.1, 0.15) is 41.0 Å². The molecule has 23 heavy (non-hydrogen) atoms. The molecular weight excluding hydrogens is 298 g/mol. The van der Waals surface area contributed by atoms with Gasteiger partial charge in [-0.05, 0) is 41.0 Å². The van der Waals surface area contributed by atoms with Crippen LogP contribution in [0.5, 0.6) is 0 Å². The molecule has 0 spiro atoms. The van der Waals surface area contributed by atoms with Crippen molar-refractivity contribution in [3.63, 3.8) is 0 Å². The molecule has 2 aliphatic heterocycles. The molecule has 6 heteroatoms. The van der Waals surface area contributed by atoms with Gasteiger partial charge in [-0.2, -0.15) is 0 Å². The second-order valence-electron chi connectivity index (χ2n) is 6.41. The minimum absolute atomic E-state index is 0.0172. The van der Waals surface area contributed by atoms with Crippen molar-refractivity contribution in [2.45, 2.75) is 52.7 Å². The first-order valence-corrected chi connectivity index (χ1v) is 7.78. The van der Waals surface area contributed by atoms with E-state index in [1.165, 1.54) is 21.0 Å². The molecule has 128 valence electrons. The standard InChI is InChI=1S/C17H25NO5/c1-9-8-22-15(16(21-6)23-9)17(5)14(12(4)20)7-13(11(3)19)10(2)18-17/h9,14,18H,7-8H2,1-6H3. The third-order valence-corrected chi connectivity index (χ3v) is 4.53. The lowest BCUT2D eigenvalue weighted by atomic mass is 9.73. The van der Waals surface area contributed by atoms with Crippen molar-refractivity contribution in [2.75, 3.05) is 13.7 Å². The smallest absolute Gasteiger partial charge is 0.321 e. The molecule has 0 saturated carbocycles. The molecule has 0 bridgehead atoms. The number of Topliss-reactive ketones (excluding diaryl/α,β-unsaturated/α-hetero) is 2. The maximum absolute atomic E-state index is 12.3. The van der Waals surface area contributed by atoms with Crippen LogP contribution in [-0.4, -0.2) is 36.9 Å². The van der Waals surface area contributed by atoms with E-state index in [1.807, 2.05) is 20.8 Å². The number of carbonyl (C=O) groups is 2. The Morgan fingerprint density at radius 3 is 2.52 bits per heavy atom. The van der Waals surface area contributed by atoms with Crippen LogP contribution in [0.4, 0.5) is 0 Å². The van der Waals surface area contributed by atoms with Crippen molar-refractivity contribution >= 4 is 11.6 Å². The number of allylic oxidation sites excluding steroid dienone is 2. The second-order valence-corrected chi connectivity index (χ2v) is 6.41. The number of carbonyl (C=O) groups excluding carboxylic acids is 2. The Labute approximate surface area is 136 Å². The lowest BCUT2D eigenvalue weighted by molar-refractivity contribution is -0.125. The highest BCUT2D eigenvalue weighted by molar-refractivity contribution is 5.95. The Bertz CT molecular complexity index is 592. The minimum atomic E-state index is -0.819. The third kappa shape index (κ3) is 3.07. The van der Waals surface area contributed by atoms with Gasteiger partial charge in [0.25, 0.3) is 0 Å². The van der Waals surface area contributed by atoms with Crippen LogP contribution in [-0.2, 0) is 23.8 Å². The van der Waals surface area contributed by atoms with E-state index in [1.54, 1.807) is 0 Å². The van der Waals surface area contributed by atoms with Crippen molar-refractivity contribution in [3.05, 3.63) is 23.0 Å². The highest BCUT2D eigenvalue weighted by Crippen LogP contribution is 2.40. The SMILES string of the molecule is COC1=C(C2(C)NC(C)=C(C(C)=O)CC2C(C)=O)OCC(C)O1. The van der Waals surface area contributed by atoms with Gasteiger partial charge in [-0.25, -0.2) is 0 Å².